The van der Waals surface area contributed by atoms with Crippen molar-refractivity contribution in [2.24, 2.45) is 0 Å². The Balaban J connectivity index is 2.23. The standard InChI is InChI=1S/C14H18N2O3S/c1-11-13(9-15-2)4-3-5-14(11)20(17,18)16-8-12-6-7-19-10-12/h3-7,10,15-16H,8-9H2,1-2H3. The highest BCUT2D eigenvalue weighted by Gasteiger charge is 2.18. The molecule has 0 spiro atoms. The highest BCUT2D eigenvalue weighted by atomic mass is 32.2. The molecule has 0 atom stereocenters. The lowest BCUT2D eigenvalue weighted by atomic mass is 10.1. The average molecular weight is 294 g/mol. The Morgan fingerprint density at radius 3 is 2.65 bits per heavy atom. The first-order valence-electron chi connectivity index (χ1n) is 6.28. The maximum absolute atomic E-state index is 12.3. The summed E-state index contributed by atoms with van der Waals surface area (Å²) < 4.78 is 32.2. The van der Waals surface area contributed by atoms with Crippen molar-refractivity contribution >= 4 is 10.0 Å². The first-order chi connectivity index (χ1) is 9.54. The summed E-state index contributed by atoms with van der Waals surface area (Å²) in [6.45, 7) is 2.67. The summed E-state index contributed by atoms with van der Waals surface area (Å²) in [5.74, 6) is 0. The van der Waals surface area contributed by atoms with Crippen LogP contribution in [0.3, 0.4) is 0 Å². The van der Waals surface area contributed by atoms with Crippen LogP contribution in [0.4, 0.5) is 0 Å². The second-order valence-corrected chi connectivity index (χ2v) is 6.26. The van der Waals surface area contributed by atoms with Gasteiger partial charge in [-0.2, -0.15) is 0 Å². The Hall–Kier alpha value is -1.63. The van der Waals surface area contributed by atoms with Gasteiger partial charge in [-0.1, -0.05) is 12.1 Å². The SMILES string of the molecule is CNCc1cccc(S(=O)(=O)NCc2ccoc2)c1C. The number of hydrogen-bond acceptors (Lipinski definition) is 4. The number of nitrogens with one attached hydrogen (secondary N) is 2. The van der Waals surface area contributed by atoms with Crippen LogP contribution in [0.5, 0.6) is 0 Å². The van der Waals surface area contributed by atoms with Gasteiger partial charge in [-0.3, -0.25) is 0 Å². The van der Waals surface area contributed by atoms with Crippen LogP contribution in [0.2, 0.25) is 0 Å². The first kappa shape index (κ1) is 14.8. The van der Waals surface area contributed by atoms with E-state index in [9.17, 15) is 8.42 Å². The summed E-state index contributed by atoms with van der Waals surface area (Å²) >= 11 is 0. The highest BCUT2D eigenvalue weighted by molar-refractivity contribution is 7.89. The summed E-state index contributed by atoms with van der Waals surface area (Å²) in [5, 5.41) is 3.03. The van der Waals surface area contributed by atoms with E-state index in [1.807, 2.05) is 20.0 Å². The molecule has 0 aliphatic rings. The minimum atomic E-state index is -3.53. The molecule has 20 heavy (non-hydrogen) atoms. The van der Waals surface area contributed by atoms with Crippen LogP contribution in [0.1, 0.15) is 16.7 Å². The van der Waals surface area contributed by atoms with Crippen molar-refractivity contribution in [1.82, 2.24) is 10.0 Å². The van der Waals surface area contributed by atoms with Gasteiger partial charge in [0.25, 0.3) is 0 Å². The Morgan fingerprint density at radius 2 is 2.00 bits per heavy atom. The normalized spacial score (nSPS) is 11.7. The number of rotatable bonds is 6. The van der Waals surface area contributed by atoms with E-state index in [1.165, 1.54) is 12.5 Å². The van der Waals surface area contributed by atoms with Crippen LogP contribution >= 0.6 is 0 Å². The lowest BCUT2D eigenvalue weighted by Crippen LogP contribution is -2.24. The molecule has 108 valence electrons. The smallest absolute Gasteiger partial charge is 0.241 e. The fraction of sp³-hybridized carbons (Fsp3) is 0.286. The summed E-state index contributed by atoms with van der Waals surface area (Å²) in [4.78, 5) is 0.314. The molecule has 0 radical (unpaired) electrons. The molecule has 0 aliphatic carbocycles. The Morgan fingerprint density at radius 1 is 1.20 bits per heavy atom. The van der Waals surface area contributed by atoms with Crippen molar-refractivity contribution in [2.75, 3.05) is 7.05 Å². The quantitative estimate of drug-likeness (QED) is 0.852. The van der Waals surface area contributed by atoms with Gasteiger partial charge in [0, 0.05) is 18.7 Å². The fourth-order valence-electron chi connectivity index (χ4n) is 1.98. The van der Waals surface area contributed by atoms with Gasteiger partial charge >= 0.3 is 0 Å². The van der Waals surface area contributed by atoms with Gasteiger partial charge in [-0.05, 0) is 37.2 Å². The number of furan rings is 1. The van der Waals surface area contributed by atoms with Gasteiger partial charge in [0.2, 0.25) is 10.0 Å². The topological polar surface area (TPSA) is 71.3 Å². The van der Waals surface area contributed by atoms with Crippen LogP contribution in [0.25, 0.3) is 0 Å². The Kier molecular flexibility index (Phi) is 4.59. The Labute approximate surface area is 119 Å². The van der Waals surface area contributed by atoms with Crippen molar-refractivity contribution in [2.45, 2.75) is 24.9 Å². The maximum Gasteiger partial charge on any atom is 0.241 e. The molecule has 5 nitrogen and oxygen atoms in total. The lowest BCUT2D eigenvalue weighted by molar-refractivity contribution is 0.561. The van der Waals surface area contributed by atoms with Gasteiger partial charge in [-0.15, -0.1) is 0 Å². The zero-order valence-corrected chi connectivity index (χ0v) is 12.3. The van der Waals surface area contributed by atoms with Crippen LogP contribution in [-0.2, 0) is 23.1 Å². The predicted molar refractivity (Wildman–Crippen MR) is 76.7 cm³/mol. The molecule has 1 aromatic heterocycles. The zero-order valence-electron chi connectivity index (χ0n) is 11.5. The molecule has 2 aromatic rings. The van der Waals surface area contributed by atoms with Gasteiger partial charge in [0.15, 0.2) is 0 Å². The second kappa shape index (κ2) is 6.21. The van der Waals surface area contributed by atoms with Crippen LogP contribution < -0.4 is 10.0 Å². The minimum Gasteiger partial charge on any atom is -0.472 e. The van der Waals surface area contributed by atoms with Crippen molar-refractivity contribution in [1.29, 1.82) is 0 Å². The van der Waals surface area contributed by atoms with Crippen molar-refractivity contribution < 1.29 is 12.8 Å². The van der Waals surface area contributed by atoms with E-state index in [4.69, 9.17) is 4.42 Å². The van der Waals surface area contributed by atoms with Crippen molar-refractivity contribution in [3.8, 4) is 0 Å². The monoisotopic (exact) mass is 294 g/mol. The molecule has 0 unspecified atom stereocenters. The van der Waals surface area contributed by atoms with E-state index >= 15 is 0 Å². The summed E-state index contributed by atoms with van der Waals surface area (Å²) in [6.07, 6.45) is 3.04. The van der Waals surface area contributed by atoms with Gasteiger partial charge < -0.3 is 9.73 Å². The molecule has 0 aliphatic heterocycles. The molecule has 1 heterocycles. The predicted octanol–water partition coefficient (Wildman–Crippen LogP) is 1.79. The average Bonchev–Trinajstić information content (AvgIpc) is 2.92. The van der Waals surface area contributed by atoms with Crippen LogP contribution in [0.15, 0.2) is 46.1 Å². The molecule has 0 saturated heterocycles. The summed E-state index contributed by atoms with van der Waals surface area (Å²) in [7, 11) is -1.70. The molecule has 0 bridgehead atoms. The van der Waals surface area contributed by atoms with Crippen molar-refractivity contribution in [3.63, 3.8) is 0 Å². The number of sulfonamides is 1. The van der Waals surface area contributed by atoms with E-state index in [0.717, 1.165) is 16.7 Å². The minimum absolute atomic E-state index is 0.217. The number of benzene rings is 1. The third-order valence-electron chi connectivity index (χ3n) is 3.10. The zero-order chi connectivity index (χ0) is 14.6. The third kappa shape index (κ3) is 3.27. The van der Waals surface area contributed by atoms with Gasteiger partial charge in [-0.25, -0.2) is 13.1 Å². The maximum atomic E-state index is 12.3. The highest BCUT2D eigenvalue weighted by Crippen LogP contribution is 2.19. The fourth-order valence-corrected chi connectivity index (χ4v) is 3.29. The molecular formula is C14H18N2O3S. The molecule has 1 aromatic carbocycles. The summed E-state index contributed by atoms with van der Waals surface area (Å²) in [6, 6.07) is 7.02. The van der Waals surface area contributed by atoms with E-state index in [2.05, 4.69) is 10.0 Å². The molecule has 0 fully saturated rings. The summed E-state index contributed by atoms with van der Waals surface area (Å²) in [5.41, 5.74) is 2.53. The lowest BCUT2D eigenvalue weighted by Gasteiger charge is -2.12. The van der Waals surface area contributed by atoms with Crippen LogP contribution in [-0.4, -0.2) is 15.5 Å². The van der Waals surface area contributed by atoms with E-state index in [-0.39, 0.29) is 6.54 Å². The van der Waals surface area contributed by atoms with Gasteiger partial charge in [0.1, 0.15) is 0 Å². The van der Waals surface area contributed by atoms with Crippen molar-refractivity contribution in [3.05, 3.63) is 53.5 Å². The van der Waals surface area contributed by atoms with Gasteiger partial charge in [0.05, 0.1) is 17.4 Å². The molecule has 2 rings (SSSR count). The molecule has 6 heteroatoms. The van der Waals surface area contributed by atoms with E-state index < -0.39 is 10.0 Å². The largest absolute Gasteiger partial charge is 0.472 e. The number of hydrogen-bond donors (Lipinski definition) is 2. The van der Waals surface area contributed by atoms with Crippen LogP contribution in [0, 0.1) is 6.92 Å². The molecule has 2 N–H and O–H groups in total. The third-order valence-corrected chi connectivity index (χ3v) is 4.65. The molecule has 0 amide bonds. The second-order valence-electron chi connectivity index (χ2n) is 4.53. The van der Waals surface area contributed by atoms with E-state index in [1.54, 1.807) is 18.2 Å². The first-order valence-corrected chi connectivity index (χ1v) is 7.77. The molecular weight excluding hydrogens is 276 g/mol. The van der Waals surface area contributed by atoms with E-state index in [0.29, 0.717) is 11.4 Å². The molecule has 0 saturated carbocycles. The Bertz CT molecular complexity index is 664.